The average molecular weight is 282 g/mol. The molecule has 2 fully saturated rings. The van der Waals surface area contributed by atoms with Crippen LogP contribution in [0.1, 0.15) is 29.8 Å². The van der Waals surface area contributed by atoms with Crippen molar-refractivity contribution in [1.29, 1.82) is 0 Å². The van der Waals surface area contributed by atoms with Crippen LogP contribution in [0.15, 0.2) is 18.3 Å². The van der Waals surface area contributed by atoms with Gasteiger partial charge in [-0.3, -0.25) is 4.79 Å². The van der Waals surface area contributed by atoms with E-state index in [1.54, 1.807) is 0 Å². The summed E-state index contributed by atoms with van der Waals surface area (Å²) in [7, 11) is 0. The van der Waals surface area contributed by atoms with Crippen molar-refractivity contribution in [3.05, 3.63) is 24.0 Å². The summed E-state index contributed by atoms with van der Waals surface area (Å²) in [5, 5.41) is 11.4. The molecule has 0 aromatic carbocycles. The Balaban J connectivity index is 1.65. The van der Waals surface area contributed by atoms with Crippen LogP contribution in [0.5, 0.6) is 0 Å². The molecule has 1 amide bonds. The van der Waals surface area contributed by atoms with Crippen LogP contribution in [0, 0.1) is 11.3 Å². The van der Waals surface area contributed by atoms with Gasteiger partial charge in [0.25, 0.3) is 5.92 Å². The zero-order valence-electron chi connectivity index (χ0n) is 10.4. The number of aromatic nitrogens is 1. The van der Waals surface area contributed by atoms with Crippen LogP contribution in [0.2, 0.25) is 0 Å². The summed E-state index contributed by atoms with van der Waals surface area (Å²) in [5.41, 5.74) is -1.14. The number of carboxylic acid groups (broad SMARTS) is 1. The number of anilines is 1. The monoisotopic (exact) mass is 282 g/mol. The third-order valence-electron chi connectivity index (χ3n) is 4.12. The van der Waals surface area contributed by atoms with Crippen LogP contribution in [0.4, 0.5) is 14.5 Å². The lowest BCUT2D eigenvalue weighted by atomic mass is 9.71. The SMILES string of the molecule is O=C(O)c1ncccc1NC(=O)C1CC2(C1)CC2(F)F. The zero-order chi connectivity index (χ0) is 14.5. The first-order valence-corrected chi connectivity index (χ1v) is 6.22. The largest absolute Gasteiger partial charge is 0.476 e. The summed E-state index contributed by atoms with van der Waals surface area (Å²) in [4.78, 5) is 26.5. The Labute approximate surface area is 113 Å². The third-order valence-corrected chi connectivity index (χ3v) is 4.12. The molecule has 1 heterocycles. The average Bonchev–Trinajstić information content (AvgIpc) is 2.91. The van der Waals surface area contributed by atoms with Crippen molar-refractivity contribution in [2.24, 2.45) is 11.3 Å². The number of hydrogen-bond donors (Lipinski definition) is 2. The lowest BCUT2D eigenvalue weighted by Gasteiger charge is -2.34. The van der Waals surface area contributed by atoms with Crippen LogP contribution >= 0.6 is 0 Å². The minimum absolute atomic E-state index is 0.0912. The summed E-state index contributed by atoms with van der Waals surface area (Å²) >= 11 is 0. The number of halogens is 2. The minimum Gasteiger partial charge on any atom is -0.476 e. The molecule has 0 saturated heterocycles. The lowest BCUT2D eigenvalue weighted by Crippen LogP contribution is -2.38. The molecule has 2 N–H and O–H groups in total. The maximum absolute atomic E-state index is 13.0. The molecule has 0 unspecified atom stereocenters. The predicted molar refractivity (Wildman–Crippen MR) is 64.5 cm³/mol. The number of hydrogen-bond acceptors (Lipinski definition) is 3. The molecule has 106 valence electrons. The minimum atomic E-state index is -2.63. The number of aromatic carboxylic acids is 1. The van der Waals surface area contributed by atoms with Gasteiger partial charge in [0, 0.05) is 24.0 Å². The Hall–Kier alpha value is -2.05. The van der Waals surface area contributed by atoms with Crippen molar-refractivity contribution in [2.45, 2.75) is 25.2 Å². The van der Waals surface area contributed by atoms with E-state index in [1.807, 2.05) is 0 Å². The second-order valence-corrected chi connectivity index (χ2v) is 5.46. The summed E-state index contributed by atoms with van der Waals surface area (Å²) in [6.45, 7) is 0. The van der Waals surface area contributed by atoms with Crippen LogP contribution in [-0.2, 0) is 4.79 Å². The molecular weight excluding hydrogens is 270 g/mol. The fourth-order valence-corrected chi connectivity index (χ4v) is 2.80. The predicted octanol–water partition coefficient (Wildman–Crippen LogP) is 2.15. The Morgan fingerprint density at radius 3 is 2.60 bits per heavy atom. The molecule has 2 aliphatic rings. The molecule has 3 rings (SSSR count). The standard InChI is InChI=1S/C13H12F2N2O3/c14-13(15)6-12(13)4-7(5-12)10(18)17-8-2-1-3-16-9(8)11(19)20/h1-3,7H,4-6H2,(H,17,18)(H,19,20). The van der Waals surface area contributed by atoms with Crippen molar-refractivity contribution in [3.8, 4) is 0 Å². The first kappa shape index (κ1) is 13.0. The number of carboxylic acids is 1. The fourth-order valence-electron chi connectivity index (χ4n) is 2.80. The van der Waals surface area contributed by atoms with Crippen molar-refractivity contribution >= 4 is 17.6 Å². The second-order valence-electron chi connectivity index (χ2n) is 5.46. The van der Waals surface area contributed by atoms with E-state index in [0.29, 0.717) is 0 Å². The van der Waals surface area contributed by atoms with Gasteiger partial charge in [0.1, 0.15) is 0 Å². The van der Waals surface area contributed by atoms with Gasteiger partial charge in [-0.1, -0.05) is 0 Å². The number of carbonyl (C=O) groups is 2. The zero-order valence-corrected chi connectivity index (χ0v) is 10.4. The molecule has 7 heteroatoms. The van der Waals surface area contributed by atoms with E-state index in [-0.39, 0.29) is 30.6 Å². The van der Waals surface area contributed by atoms with Crippen LogP contribution in [-0.4, -0.2) is 27.9 Å². The number of amides is 1. The van der Waals surface area contributed by atoms with Crippen molar-refractivity contribution in [1.82, 2.24) is 4.98 Å². The molecule has 2 aliphatic carbocycles. The first-order valence-electron chi connectivity index (χ1n) is 6.22. The first-order chi connectivity index (χ1) is 9.35. The third kappa shape index (κ3) is 1.85. The lowest BCUT2D eigenvalue weighted by molar-refractivity contribution is -0.126. The van der Waals surface area contributed by atoms with Gasteiger partial charge in [0.2, 0.25) is 5.91 Å². The van der Waals surface area contributed by atoms with Crippen LogP contribution in [0.25, 0.3) is 0 Å². The molecular formula is C13H12F2N2O3. The number of alkyl halides is 2. The van der Waals surface area contributed by atoms with Crippen LogP contribution in [0.3, 0.4) is 0 Å². The maximum Gasteiger partial charge on any atom is 0.356 e. The van der Waals surface area contributed by atoms with E-state index < -0.39 is 29.1 Å². The van der Waals surface area contributed by atoms with Gasteiger partial charge in [-0.15, -0.1) is 0 Å². The Morgan fingerprint density at radius 2 is 2.05 bits per heavy atom. The molecule has 0 radical (unpaired) electrons. The van der Waals surface area contributed by atoms with Crippen molar-refractivity contribution in [3.63, 3.8) is 0 Å². The Kier molecular flexibility index (Phi) is 2.57. The quantitative estimate of drug-likeness (QED) is 0.890. The molecule has 1 spiro atoms. The van der Waals surface area contributed by atoms with E-state index in [2.05, 4.69) is 10.3 Å². The molecule has 5 nitrogen and oxygen atoms in total. The number of nitrogens with zero attached hydrogens (tertiary/aromatic N) is 1. The Bertz CT molecular complexity index is 597. The summed E-state index contributed by atoms with van der Waals surface area (Å²) < 4.78 is 26.1. The summed E-state index contributed by atoms with van der Waals surface area (Å²) in [6, 6.07) is 2.92. The van der Waals surface area contributed by atoms with Gasteiger partial charge in [-0.05, 0) is 25.0 Å². The normalized spacial score (nSPS) is 29.6. The maximum atomic E-state index is 13.0. The van der Waals surface area contributed by atoms with Crippen molar-refractivity contribution in [2.75, 3.05) is 5.32 Å². The van der Waals surface area contributed by atoms with Gasteiger partial charge in [0.15, 0.2) is 5.69 Å². The number of rotatable bonds is 3. The van der Waals surface area contributed by atoms with Gasteiger partial charge in [-0.2, -0.15) is 0 Å². The summed E-state index contributed by atoms with van der Waals surface area (Å²) in [5.74, 6) is -4.79. The molecule has 20 heavy (non-hydrogen) atoms. The van der Waals surface area contributed by atoms with Crippen molar-refractivity contribution < 1.29 is 23.5 Å². The van der Waals surface area contributed by atoms with E-state index >= 15 is 0 Å². The van der Waals surface area contributed by atoms with Gasteiger partial charge >= 0.3 is 5.97 Å². The number of pyridine rings is 1. The molecule has 0 aliphatic heterocycles. The van der Waals surface area contributed by atoms with Gasteiger partial charge < -0.3 is 10.4 Å². The molecule has 2 saturated carbocycles. The molecule has 1 aromatic rings. The molecule has 1 aromatic heterocycles. The van der Waals surface area contributed by atoms with Gasteiger partial charge in [-0.25, -0.2) is 18.6 Å². The van der Waals surface area contributed by atoms with E-state index in [0.717, 1.165) is 0 Å². The summed E-state index contributed by atoms with van der Waals surface area (Å²) in [6.07, 6.45) is 1.49. The molecule has 0 bridgehead atoms. The van der Waals surface area contributed by atoms with E-state index in [1.165, 1.54) is 18.3 Å². The number of carbonyl (C=O) groups excluding carboxylic acids is 1. The van der Waals surface area contributed by atoms with E-state index in [9.17, 15) is 18.4 Å². The Morgan fingerprint density at radius 1 is 1.40 bits per heavy atom. The van der Waals surface area contributed by atoms with Crippen LogP contribution < -0.4 is 5.32 Å². The highest BCUT2D eigenvalue weighted by Gasteiger charge is 2.76. The highest BCUT2D eigenvalue weighted by molar-refractivity contribution is 6.00. The second kappa shape index (κ2) is 3.97. The highest BCUT2D eigenvalue weighted by Crippen LogP contribution is 2.72. The highest BCUT2D eigenvalue weighted by atomic mass is 19.3. The van der Waals surface area contributed by atoms with E-state index in [4.69, 9.17) is 5.11 Å². The van der Waals surface area contributed by atoms with Gasteiger partial charge in [0.05, 0.1) is 5.69 Å². The fraction of sp³-hybridized carbons (Fsp3) is 0.462. The molecule has 0 atom stereocenters. The number of nitrogens with one attached hydrogen (secondary N) is 1. The smallest absolute Gasteiger partial charge is 0.356 e. The topological polar surface area (TPSA) is 79.3 Å².